The number of benzene rings is 2. The molecule has 4 rings (SSSR count). The molecular formula is C33H52ClN8O2-. The lowest BCUT2D eigenvalue weighted by Crippen LogP contribution is -2.08. The molecule has 0 saturated carbocycles. The molecule has 2 heterocycles. The Kier molecular flexibility index (Phi) is 24.2. The summed E-state index contributed by atoms with van der Waals surface area (Å²) in [6.45, 7) is 6.87. The highest BCUT2D eigenvalue weighted by atomic mass is 35.5. The van der Waals surface area contributed by atoms with Crippen LogP contribution in [0.3, 0.4) is 0 Å². The molecule has 10 nitrogen and oxygen atoms in total. The van der Waals surface area contributed by atoms with Crippen LogP contribution in [0, 0.1) is 7.43 Å². The summed E-state index contributed by atoms with van der Waals surface area (Å²) >= 11 is 5.84. The van der Waals surface area contributed by atoms with Gasteiger partial charge in [0, 0.05) is 6.54 Å². The van der Waals surface area contributed by atoms with E-state index in [0.717, 1.165) is 37.1 Å². The first-order chi connectivity index (χ1) is 20.0. The molecule has 0 fully saturated rings. The molecule has 44 heavy (non-hydrogen) atoms. The van der Waals surface area contributed by atoms with Crippen molar-refractivity contribution in [2.75, 3.05) is 29.9 Å². The highest BCUT2D eigenvalue weighted by Gasteiger charge is 2.07. The van der Waals surface area contributed by atoms with Crippen LogP contribution in [0.15, 0.2) is 73.1 Å². The van der Waals surface area contributed by atoms with Crippen molar-refractivity contribution in [3.05, 3.63) is 96.8 Å². The zero-order valence-corrected chi connectivity index (χ0v) is 25.6. The molecule has 0 amide bonds. The van der Waals surface area contributed by atoms with Crippen LogP contribution in [0.5, 0.6) is 11.5 Å². The Hall–Kier alpha value is -4.15. The van der Waals surface area contributed by atoms with E-state index in [1.165, 1.54) is 19.0 Å². The van der Waals surface area contributed by atoms with Gasteiger partial charge in [-0.1, -0.05) is 114 Å². The molecule has 0 aliphatic heterocycles. The van der Waals surface area contributed by atoms with Crippen LogP contribution < -0.4 is 32.0 Å². The van der Waals surface area contributed by atoms with Crippen LogP contribution in [-0.4, -0.2) is 33.0 Å². The van der Waals surface area contributed by atoms with Crippen molar-refractivity contribution in [3.63, 3.8) is 0 Å². The standard InChI is InChI=1S/C15H20N4O.C11H10ClN3O.C4H11N.2CH4.CH3/c1-2-3-9-17-14-13(10-18-15(16)19-14)20-11-12-7-5-4-6-8-12;12-10-9(6-14-11(13)15-10)16-7-8-4-2-1-3-5-8;1-2-3-4-5;;;/h4-8,10H,2-3,9,11H2,1H3,(H3,16,17,18,19);1-6H,7H2,(H2,13,14,15);2-5H2,1H3;2*1H4;1H3/q;;;;;-1. The molecule has 0 radical (unpaired) electrons. The van der Waals surface area contributed by atoms with Crippen molar-refractivity contribution >= 4 is 29.3 Å². The van der Waals surface area contributed by atoms with Gasteiger partial charge in [0.15, 0.2) is 22.5 Å². The van der Waals surface area contributed by atoms with Gasteiger partial charge in [-0.3, -0.25) is 0 Å². The van der Waals surface area contributed by atoms with Gasteiger partial charge in [0.25, 0.3) is 0 Å². The predicted molar refractivity (Wildman–Crippen MR) is 187 cm³/mol. The van der Waals surface area contributed by atoms with Crippen molar-refractivity contribution in [1.29, 1.82) is 0 Å². The first-order valence-electron chi connectivity index (χ1n) is 13.6. The van der Waals surface area contributed by atoms with Gasteiger partial charge in [-0.15, -0.1) is 0 Å². The summed E-state index contributed by atoms with van der Waals surface area (Å²) in [6.07, 6.45) is 7.65. The maximum absolute atomic E-state index is 5.84. The third kappa shape index (κ3) is 17.1. The smallest absolute Gasteiger partial charge is 0.222 e. The molecule has 11 heteroatoms. The average Bonchev–Trinajstić information content (AvgIpc) is 2.99. The van der Waals surface area contributed by atoms with Gasteiger partial charge in [-0.05, 0) is 30.5 Å². The Morgan fingerprint density at radius 2 is 1.20 bits per heavy atom. The first kappa shape index (κ1) is 42.0. The van der Waals surface area contributed by atoms with Gasteiger partial charge in [-0.2, -0.15) is 9.97 Å². The van der Waals surface area contributed by atoms with Crippen molar-refractivity contribution < 1.29 is 9.47 Å². The van der Waals surface area contributed by atoms with Crippen LogP contribution >= 0.6 is 11.6 Å². The van der Waals surface area contributed by atoms with E-state index in [9.17, 15) is 0 Å². The van der Waals surface area contributed by atoms with Crippen molar-refractivity contribution in [1.82, 2.24) is 19.9 Å². The largest absolute Gasteiger partial charge is 0.484 e. The number of halogens is 1. The summed E-state index contributed by atoms with van der Waals surface area (Å²) in [6, 6.07) is 19.7. The Balaban J connectivity index is 0. The predicted octanol–water partition coefficient (Wildman–Crippen LogP) is 7.61. The van der Waals surface area contributed by atoms with Crippen LogP contribution in [-0.2, 0) is 13.2 Å². The molecule has 2 aromatic heterocycles. The summed E-state index contributed by atoms with van der Waals surface area (Å²) in [5.74, 6) is 2.09. The quantitative estimate of drug-likeness (QED) is 0.0699. The van der Waals surface area contributed by atoms with Crippen LogP contribution in [0.4, 0.5) is 17.7 Å². The molecule has 0 unspecified atom stereocenters. The van der Waals surface area contributed by atoms with Gasteiger partial charge in [0.05, 0.1) is 12.4 Å². The third-order valence-electron chi connectivity index (χ3n) is 5.36. The zero-order valence-electron chi connectivity index (χ0n) is 24.8. The number of hydrogen-bond donors (Lipinski definition) is 4. The minimum absolute atomic E-state index is 0. The van der Waals surface area contributed by atoms with Gasteiger partial charge in [0.2, 0.25) is 11.9 Å². The number of nitrogens with one attached hydrogen (secondary N) is 1. The number of ether oxygens (including phenoxy) is 2. The summed E-state index contributed by atoms with van der Waals surface area (Å²) < 4.78 is 11.2. The van der Waals surface area contributed by atoms with E-state index in [4.69, 9.17) is 38.3 Å². The maximum Gasteiger partial charge on any atom is 0.222 e. The number of nitrogens with two attached hydrogens (primary N) is 3. The summed E-state index contributed by atoms with van der Waals surface area (Å²) in [5, 5.41) is 3.46. The molecule has 0 bridgehead atoms. The molecule has 0 saturated heterocycles. The van der Waals surface area contributed by atoms with Crippen molar-refractivity contribution in [2.45, 2.75) is 67.6 Å². The number of hydrogen-bond acceptors (Lipinski definition) is 10. The fourth-order valence-corrected chi connectivity index (χ4v) is 3.32. The second-order valence-electron chi connectivity index (χ2n) is 8.80. The number of nitrogen functional groups attached to an aromatic ring is 2. The summed E-state index contributed by atoms with van der Waals surface area (Å²) in [5.41, 5.74) is 18.3. The second-order valence-corrected chi connectivity index (χ2v) is 9.15. The fraction of sp³-hybridized carbons (Fsp3) is 0.364. The molecule has 0 spiro atoms. The number of rotatable bonds is 12. The maximum atomic E-state index is 5.84. The van der Waals surface area contributed by atoms with Crippen molar-refractivity contribution in [3.8, 4) is 11.5 Å². The number of aromatic nitrogens is 4. The number of unbranched alkanes of at least 4 members (excludes halogenated alkanes) is 2. The molecule has 7 N–H and O–H groups in total. The SMILES string of the molecule is C.C.CCCCN.CCCCNc1nc(N)ncc1OCc1ccccc1.Nc1ncc(OCc2ccccc2)c(Cl)n1.[CH3-]. The highest BCUT2D eigenvalue weighted by molar-refractivity contribution is 6.30. The summed E-state index contributed by atoms with van der Waals surface area (Å²) in [7, 11) is 0. The Morgan fingerprint density at radius 1 is 0.727 bits per heavy atom. The normalized spacial score (nSPS) is 9.27. The van der Waals surface area contributed by atoms with Crippen LogP contribution in [0.2, 0.25) is 5.15 Å². The van der Waals surface area contributed by atoms with Crippen molar-refractivity contribution in [2.24, 2.45) is 5.73 Å². The lowest BCUT2D eigenvalue weighted by molar-refractivity contribution is 0.304. The molecule has 0 atom stereocenters. The Labute approximate surface area is 269 Å². The minimum Gasteiger partial charge on any atom is -0.484 e. The zero-order chi connectivity index (χ0) is 29.7. The molecular weight excluding hydrogens is 576 g/mol. The van der Waals surface area contributed by atoms with E-state index in [0.29, 0.717) is 30.5 Å². The summed E-state index contributed by atoms with van der Waals surface area (Å²) in [4.78, 5) is 15.8. The highest BCUT2D eigenvalue weighted by Crippen LogP contribution is 2.23. The van der Waals surface area contributed by atoms with E-state index < -0.39 is 0 Å². The fourth-order valence-electron chi connectivity index (χ4n) is 3.13. The molecule has 244 valence electrons. The van der Waals surface area contributed by atoms with Gasteiger partial charge < -0.3 is 39.4 Å². The van der Waals surface area contributed by atoms with E-state index >= 15 is 0 Å². The van der Waals surface area contributed by atoms with Crippen LogP contribution in [0.25, 0.3) is 0 Å². The van der Waals surface area contributed by atoms with Gasteiger partial charge in [-0.25, -0.2) is 9.97 Å². The van der Waals surface area contributed by atoms with Gasteiger partial charge >= 0.3 is 0 Å². The van der Waals surface area contributed by atoms with E-state index in [1.54, 1.807) is 6.20 Å². The Bertz CT molecular complexity index is 1250. The Morgan fingerprint density at radius 3 is 1.66 bits per heavy atom. The monoisotopic (exact) mass is 627 g/mol. The topological polar surface area (TPSA) is 160 Å². The van der Waals surface area contributed by atoms with E-state index in [1.807, 2.05) is 60.7 Å². The number of nitrogens with zero attached hydrogens (tertiary/aromatic N) is 4. The van der Waals surface area contributed by atoms with E-state index in [2.05, 4.69) is 39.1 Å². The van der Waals surface area contributed by atoms with E-state index in [-0.39, 0.29) is 39.3 Å². The lowest BCUT2D eigenvalue weighted by atomic mass is 10.2. The molecule has 0 aliphatic carbocycles. The molecule has 2 aromatic carbocycles. The number of anilines is 3. The minimum atomic E-state index is 0. The lowest BCUT2D eigenvalue weighted by Gasteiger charge is -2.12. The molecule has 4 aromatic rings. The second kappa shape index (κ2) is 25.4. The van der Waals surface area contributed by atoms with Crippen LogP contribution in [0.1, 0.15) is 65.5 Å². The average molecular weight is 628 g/mol. The first-order valence-corrected chi connectivity index (χ1v) is 14.0. The van der Waals surface area contributed by atoms with Gasteiger partial charge in [0.1, 0.15) is 13.2 Å². The third-order valence-corrected chi connectivity index (χ3v) is 5.63. The molecule has 0 aliphatic rings.